The molecule has 0 bridgehead atoms. The third-order valence-electron chi connectivity index (χ3n) is 1.33. The summed E-state index contributed by atoms with van der Waals surface area (Å²) in [5.74, 6) is 0.0983. The predicted octanol–water partition coefficient (Wildman–Crippen LogP) is -0.126. The van der Waals surface area contributed by atoms with E-state index in [2.05, 4.69) is 9.98 Å². The van der Waals surface area contributed by atoms with Gasteiger partial charge in [0.05, 0.1) is 10.7 Å². The van der Waals surface area contributed by atoms with Crippen molar-refractivity contribution in [1.82, 2.24) is 0 Å². The van der Waals surface area contributed by atoms with E-state index in [9.17, 15) is 0 Å². The first-order chi connectivity index (χ1) is 4.86. The van der Waals surface area contributed by atoms with Crippen LogP contribution in [0.4, 0.5) is 0 Å². The molecule has 48 valence electrons. The van der Waals surface area contributed by atoms with E-state index in [1.54, 1.807) is 0 Å². The SMILES string of the molecule is N=C1N=c2ccccc2=N1. The number of fused-ring (bicyclic) bond motifs is 1. The molecule has 0 saturated carbocycles. The molecular formula is C7H5N3. The van der Waals surface area contributed by atoms with Crippen molar-refractivity contribution in [1.29, 1.82) is 5.41 Å². The van der Waals surface area contributed by atoms with E-state index in [1.807, 2.05) is 24.3 Å². The fraction of sp³-hybridized carbons (Fsp3) is 0. The van der Waals surface area contributed by atoms with Crippen molar-refractivity contribution < 1.29 is 0 Å². The number of hydrogen-bond acceptors (Lipinski definition) is 1. The minimum absolute atomic E-state index is 0.0983. The van der Waals surface area contributed by atoms with Gasteiger partial charge < -0.3 is 0 Å². The molecule has 10 heavy (non-hydrogen) atoms. The third kappa shape index (κ3) is 0.639. The fourth-order valence-corrected chi connectivity index (χ4v) is 0.906. The monoisotopic (exact) mass is 131 g/mol. The highest BCUT2D eigenvalue weighted by Crippen LogP contribution is 1.81. The van der Waals surface area contributed by atoms with Crippen LogP contribution in [0, 0.1) is 5.41 Å². The van der Waals surface area contributed by atoms with Crippen LogP contribution in [0.2, 0.25) is 0 Å². The van der Waals surface area contributed by atoms with Crippen LogP contribution in [0.25, 0.3) is 0 Å². The summed E-state index contributed by atoms with van der Waals surface area (Å²) in [6.45, 7) is 0. The number of nitrogens with one attached hydrogen (secondary N) is 1. The standard InChI is InChI=1S/C7H5N3/c8-7-9-5-3-1-2-4-6(5)10-7/h1-4,8H. The lowest BCUT2D eigenvalue weighted by Crippen LogP contribution is -2.19. The number of para-hydroxylation sites is 2. The zero-order valence-electron chi connectivity index (χ0n) is 5.20. The van der Waals surface area contributed by atoms with Crippen LogP contribution >= 0.6 is 0 Å². The number of rotatable bonds is 0. The summed E-state index contributed by atoms with van der Waals surface area (Å²) >= 11 is 0. The molecule has 0 spiro atoms. The van der Waals surface area contributed by atoms with E-state index in [0.717, 1.165) is 10.7 Å². The molecule has 1 aliphatic rings. The summed E-state index contributed by atoms with van der Waals surface area (Å²) in [5, 5.41) is 8.70. The van der Waals surface area contributed by atoms with Gasteiger partial charge in [0.25, 0.3) is 0 Å². The van der Waals surface area contributed by atoms with E-state index in [4.69, 9.17) is 5.41 Å². The molecule has 1 aromatic rings. The maximum absolute atomic E-state index is 7.10. The number of hydrogen-bond donors (Lipinski definition) is 1. The van der Waals surface area contributed by atoms with Crippen LogP contribution in [0.15, 0.2) is 34.3 Å². The zero-order chi connectivity index (χ0) is 6.97. The van der Waals surface area contributed by atoms with Gasteiger partial charge in [-0.3, -0.25) is 5.41 Å². The Labute approximate surface area is 57.3 Å². The molecule has 0 saturated heterocycles. The first-order valence-corrected chi connectivity index (χ1v) is 2.97. The molecule has 2 rings (SSSR count). The van der Waals surface area contributed by atoms with Gasteiger partial charge in [0, 0.05) is 0 Å². The third-order valence-corrected chi connectivity index (χ3v) is 1.33. The fourth-order valence-electron chi connectivity index (χ4n) is 0.906. The summed E-state index contributed by atoms with van der Waals surface area (Å²) in [7, 11) is 0. The Kier molecular flexibility index (Phi) is 0.917. The molecule has 1 heterocycles. The molecule has 3 nitrogen and oxygen atoms in total. The first kappa shape index (κ1) is 5.29. The highest BCUT2D eigenvalue weighted by molar-refractivity contribution is 5.79. The smallest absolute Gasteiger partial charge is 0.243 e. The molecule has 0 radical (unpaired) electrons. The van der Waals surface area contributed by atoms with Gasteiger partial charge in [-0.15, -0.1) is 0 Å². The number of benzene rings is 1. The molecule has 1 aliphatic heterocycles. The second kappa shape index (κ2) is 1.73. The van der Waals surface area contributed by atoms with Gasteiger partial charge in [0.15, 0.2) is 0 Å². The van der Waals surface area contributed by atoms with Gasteiger partial charge in [-0.1, -0.05) is 12.1 Å². The quantitative estimate of drug-likeness (QED) is 0.510. The highest BCUT2D eigenvalue weighted by Gasteiger charge is 1.97. The molecule has 0 atom stereocenters. The van der Waals surface area contributed by atoms with Gasteiger partial charge in [-0.2, -0.15) is 0 Å². The van der Waals surface area contributed by atoms with Crippen LogP contribution in [-0.4, -0.2) is 5.96 Å². The van der Waals surface area contributed by atoms with Crippen molar-refractivity contribution in [2.45, 2.75) is 0 Å². The average Bonchev–Trinajstić information content (AvgIpc) is 2.27. The Morgan fingerprint density at radius 3 is 2.00 bits per heavy atom. The average molecular weight is 131 g/mol. The normalized spacial score (nSPS) is 13.8. The molecule has 0 unspecified atom stereocenters. The second-order valence-corrected chi connectivity index (χ2v) is 2.04. The van der Waals surface area contributed by atoms with Gasteiger partial charge in [-0.25, -0.2) is 9.98 Å². The summed E-state index contributed by atoms with van der Waals surface area (Å²) in [4.78, 5) is 7.74. The molecule has 0 aliphatic carbocycles. The minimum Gasteiger partial charge on any atom is -0.265 e. The Morgan fingerprint density at radius 2 is 1.50 bits per heavy atom. The van der Waals surface area contributed by atoms with Gasteiger partial charge in [0.1, 0.15) is 0 Å². The van der Waals surface area contributed by atoms with Crippen molar-refractivity contribution in [2.75, 3.05) is 0 Å². The molecule has 1 aromatic carbocycles. The van der Waals surface area contributed by atoms with Crippen molar-refractivity contribution in [3.63, 3.8) is 0 Å². The first-order valence-electron chi connectivity index (χ1n) is 2.97. The van der Waals surface area contributed by atoms with Crippen LogP contribution in [0.5, 0.6) is 0 Å². The second-order valence-electron chi connectivity index (χ2n) is 2.04. The zero-order valence-corrected chi connectivity index (χ0v) is 5.20. The van der Waals surface area contributed by atoms with Gasteiger partial charge in [0.2, 0.25) is 5.96 Å². The Morgan fingerprint density at radius 1 is 1.00 bits per heavy atom. The van der Waals surface area contributed by atoms with Gasteiger partial charge >= 0.3 is 0 Å². The molecule has 1 N–H and O–H groups in total. The molecular weight excluding hydrogens is 126 g/mol. The van der Waals surface area contributed by atoms with Crippen molar-refractivity contribution in [3.8, 4) is 0 Å². The van der Waals surface area contributed by atoms with Crippen LogP contribution < -0.4 is 10.7 Å². The Balaban J connectivity index is 2.96. The molecule has 0 amide bonds. The van der Waals surface area contributed by atoms with E-state index in [0.29, 0.717) is 0 Å². The van der Waals surface area contributed by atoms with Crippen molar-refractivity contribution in [3.05, 3.63) is 35.0 Å². The van der Waals surface area contributed by atoms with Crippen molar-refractivity contribution >= 4 is 5.96 Å². The summed E-state index contributed by atoms with van der Waals surface area (Å²) in [5.41, 5.74) is 0. The van der Waals surface area contributed by atoms with E-state index < -0.39 is 0 Å². The van der Waals surface area contributed by atoms with Crippen LogP contribution in [0.3, 0.4) is 0 Å². The molecule has 0 aromatic heterocycles. The van der Waals surface area contributed by atoms with Gasteiger partial charge in [-0.05, 0) is 12.1 Å². The minimum atomic E-state index is 0.0983. The Hall–Kier alpha value is -1.51. The maximum Gasteiger partial charge on any atom is 0.243 e. The largest absolute Gasteiger partial charge is 0.265 e. The summed E-state index contributed by atoms with van der Waals surface area (Å²) < 4.78 is 0. The lowest BCUT2D eigenvalue weighted by molar-refractivity contribution is 1.36. The maximum atomic E-state index is 7.10. The van der Waals surface area contributed by atoms with E-state index in [1.165, 1.54) is 0 Å². The summed E-state index contributed by atoms with van der Waals surface area (Å²) in [6, 6.07) is 7.47. The van der Waals surface area contributed by atoms with Crippen molar-refractivity contribution in [2.24, 2.45) is 9.98 Å². The Bertz CT molecular complexity index is 355. The lowest BCUT2D eigenvalue weighted by Gasteiger charge is -1.75. The molecule has 3 heteroatoms. The van der Waals surface area contributed by atoms with Crippen LogP contribution in [-0.2, 0) is 0 Å². The topological polar surface area (TPSA) is 48.6 Å². The summed E-state index contributed by atoms with van der Waals surface area (Å²) in [6.07, 6.45) is 0. The lowest BCUT2D eigenvalue weighted by atomic mass is 10.3. The highest BCUT2D eigenvalue weighted by atomic mass is 15.0. The number of nitrogens with zero attached hydrogens (tertiary/aromatic N) is 2. The molecule has 0 fully saturated rings. The van der Waals surface area contributed by atoms with E-state index in [-0.39, 0.29) is 5.96 Å². The number of guanidine groups is 1. The van der Waals surface area contributed by atoms with E-state index >= 15 is 0 Å². The van der Waals surface area contributed by atoms with Crippen LogP contribution in [0.1, 0.15) is 0 Å². The predicted molar refractivity (Wildman–Crippen MR) is 36.5 cm³/mol.